The summed E-state index contributed by atoms with van der Waals surface area (Å²) in [6, 6.07) is 3.06. The van der Waals surface area contributed by atoms with E-state index in [1.807, 2.05) is 6.92 Å². The van der Waals surface area contributed by atoms with Gasteiger partial charge in [-0.2, -0.15) is 0 Å². The standard InChI is InChI=1S/C19H28Cl2N4O2/c1-3-5-17(26)23-18-15(12-14(20)13-16(18)21)19(27)22-6-4-7-25-10-8-24(2)9-11-25/h12-13H,3-11H2,1-2H3,(H,22,27)(H,23,26). The maximum atomic E-state index is 12.6. The molecule has 150 valence electrons. The normalized spacial score (nSPS) is 15.6. The second kappa shape index (κ2) is 10.9. The molecule has 0 saturated carbocycles. The van der Waals surface area contributed by atoms with E-state index in [0.29, 0.717) is 30.1 Å². The van der Waals surface area contributed by atoms with Crippen LogP contribution in [0.5, 0.6) is 0 Å². The Morgan fingerprint density at radius 1 is 1.15 bits per heavy atom. The molecule has 2 amide bonds. The monoisotopic (exact) mass is 414 g/mol. The van der Waals surface area contributed by atoms with E-state index in [9.17, 15) is 9.59 Å². The van der Waals surface area contributed by atoms with Gasteiger partial charge in [-0.1, -0.05) is 30.1 Å². The summed E-state index contributed by atoms with van der Waals surface area (Å²) in [7, 11) is 2.13. The molecule has 1 aliphatic rings. The molecular weight excluding hydrogens is 387 g/mol. The third-order valence-corrected chi connectivity index (χ3v) is 5.09. The Bertz CT molecular complexity index is 661. The fourth-order valence-electron chi connectivity index (χ4n) is 2.98. The van der Waals surface area contributed by atoms with Crippen molar-refractivity contribution in [3.05, 3.63) is 27.7 Å². The number of amides is 2. The Morgan fingerprint density at radius 3 is 2.52 bits per heavy atom. The molecule has 1 aromatic carbocycles. The SMILES string of the molecule is CCCC(=O)Nc1c(Cl)cc(Cl)cc1C(=O)NCCCN1CCN(C)CC1. The van der Waals surface area contributed by atoms with Crippen molar-refractivity contribution in [2.75, 3.05) is 51.6 Å². The molecule has 0 aliphatic carbocycles. The van der Waals surface area contributed by atoms with Crippen LogP contribution >= 0.6 is 23.2 Å². The van der Waals surface area contributed by atoms with Gasteiger partial charge >= 0.3 is 0 Å². The summed E-state index contributed by atoms with van der Waals surface area (Å²) >= 11 is 12.3. The molecule has 0 unspecified atom stereocenters. The molecule has 2 N–H and O–H groups in total. The molecule has 1 fully saturated rings. The summed E-state index contributed by atoms with van der Waals surface area (Å²) in [5, 5.41) is 6.25. The Kier molecular flexibility index (Phi) is 8.83. The van der Waals surface area contributed by atoms with E-state index in [1.54, 1.807) is 0 Å². The number of halogens is 2. The molecular formula is C19H28Cl2N4O2. The van der Waals surface area contributed by atoms with E-state index in [0.717, 1.165) is 39.1 Å². The minimum Gasteiger partial charge on any atom is -0.352 e. The molecule has 0 radical (unpaired) electrons. The Balaban J connectivity index is 1.91. The molecule has 2 rings (SSSR count). The van der Waals surface area contributed by atoms with Crippen LogP contribution in [0.25, 0.3) is 0 Å². The van der Waals surface area contributed by atoms with E-state index in [1.165, 1.54) is 12.1 Å². The summed E-state index contributed by atoms with van der Waals surface area (Å²) in [6.45, 7) is 7.69. The van der Waals surface area contributed by atoms with Crippen molar-refractivity contribution in [2.45, 2.75) is 26.2 Å². The number of likely N-dealkylation sites (N-methyl/N-ethyl adjacent to an activating group) is 1. The van der Waals surface area contributed by atoms with Crippen molar-refractivity contribution in [2.24, 2.45) is 0 Å². The first kappa shape index (κ1) is 22.0. The minimum absolute atomic E-state index is 0.175. The predicted octanol–water partition coefficient (Wildman–Crippen LogP) is 3.10. The lowest BCUT2D eigenvalue weighted by atomic mass is 10.1. The van der Waals surface area contributed by atoms with Crippen LogP contribution in [0.3, 0.4) is 0 Å². The first-order valence-corrected chi connectivity index (χ1v) is 10.1. The number of nitrogens with zero attached hydrogens (tertiary/aromatic N) is 2. The van der Waals surface area contributed by atoms with Crippen LogP contribution in [-0.4, -0.2) is 67.9 Å². The van der Waals surface area contributed by atoms with Crippen molar-refractivity contribution in [1.82, 2.24) is 15.1 Å². The molecule has 0 aromatic heterocycles. The van der Waals surface area contributed by atoms with Gasteiger partial charge in [-0.25, -0.2) is 0 Å². The van der Waals surface area contributed by atoms with E-state index < -0.39 is 0 Å². The topological polar surface area (TPSA) is 64.7 Å². The van der Waals surface area contributed by atoms with Crippen LogP contribution in [0.4, 0.5) is 5.69 Å². The van der Waals surface area contributed by atoms with Gasteiger partial charge in [0.1, 0.15) is 0 Å². The number of nitrogens with one attached hydrogen (secondary N) is 2. The zero-order valence-corrected chi connectivity index (χ0v) is 17.5. The van der Waals surface area contributed by atoms with Gasteiger partial charge in [-0.3, -0.25) is 9.59 Å². The molecule has 1 saturated heterocycles. The lowest BCUT2D eigenvalue weighted by Gasteiger charge is -2.32. The van der Waals surface area contributed by atoms with Crippen LogP contribution in [0, 0.1) is 0 Å². The number of carbonyl (C=O) groups excluding carboxylic acids is 2. The molecule has 6 nitrogen and oxygen atoms in total. The summed E-state index contributed by atoms with van der Waals surface area (Å²) in [6.07, 6.45) is 1.94. The summed E-state index contributed by atoms with van der Waals surface area (Å²) < 4.78 is 0. The van der Waals surface area contributed by atoms with Crippen LogP contribution in [-0.2, 0) is 4.79 Å². The Morgan fingerprint density at radius 2 is 1.85 bits per heavy atom. The van der Waals surface area contributed by atoms with Crippen LogP contribution in [0.1, 0.15) is 36.5 Å². The quantitative estimate of drug-likeness (QED) is 0.641. The zero-order chi connectivity index (χ0) is 19.8. The summed E-state index contributed by atoms with van der Waals surface area (Å²) in [5.74, 6) is -0.463. The number of hydrogen-bond donors (Lipinski definition) is 2. The maximum absolute atomic E-state index is 12.6. The highest BCUT2D eigenvalue weighted by molar-refractivity contribution is 6.38. The van der Waals surface area contributed by atoms with Crippen LogP contribution in [0.2, 0.25) is 10.0 Å². The predicted molar refractivity (Wildman–Crippen MR) is 111 cm³/mol. The lowest BCUT2D eigenvalue weighted by Crippen LogP contribution is -2.45. The number of carbonyl (C=O) groups is 2. The highest BCUT2D eigenvalue weighted by Gasteiger charge is 2.18. The summed E-state index contributed by atoms with van der Waals surface area (Å²) in [5.41, 5.74) is 0.604. The first-order chi connectivity index (χ1) is 12.9. The third kappa shape index (κ3) is 6.96. The van der Waals surface area contributed by atoms with Crippen molar-refractivity contribution < 1.29 is 9.59 Å². The van der Waals surface area contributed by atoms with Gasteiger partial charge in [0.2, 0.25) is 5.91 Å². The van der Waals surface area contributed by atoms with Gasteiger partial charge in [0, 0.05) is 44.2 Å². The number of anilines is 1. The Hall–Kier alpha value is -1.34. The Labute approximate surface area is 171 Å². The fourth-order valence-corrected chi connectivity index (χ4v) is 3.52. The minimum atomic E-state index is -0.287. The van der Waals surface area contributed by atoms with Gasteiger partial charge in [0.15, 0.2) is 0 Å². The molecule has 0 spiro atoms. The molecule has 8 heteroatoms. The fraction of sp³-hybridized carbons (Fsp3) is 0.579. The average Bonchev–Trinajstić information content (AvgIpc) is 2.62. The molecule has 1 heterocycles. The van der Waals surface area contributed by atoms with Gasteiger partial charge in [0.25, 0.3) is 5.91 Å². The largest absolute Gasteiger partial charge is 0.352 e. The molecule has 1 aromatic rings. The number of piperazine rings is 1. The molecule has 0 atom stereocenters. The highest BCUT2D eigenvalue weighted by atomic mass is 35.5. The molecule has 1 aliphatic heterocycles. The van der Waals surface area contributed by atoms with Crippen molar-refractivity contribution in [3.63, 3.8) is 0 Å². The van der Waals surface area contributed by atoms with Crippen LogP contribution < -0.4 is 10.6 Å². The molecule has 27 heavy (non-hydrogen) atoms. The van der Waals surface area contributed by atoms with Gasteiger partial charge < -0.3 is 20.4 Å². The van der Waals surface area contributed by atoms with Gasteiger partial charge in [-0.05, 0) is 38.6 Å². The van der Waals surface area contributed by atoms with Gasteiger partial charge in [0.05, 0.1) is 16.3 Å². The van der Waals surface area contributed by atoms with E-state index in [4.69, 9.17) is 23.2 Å². The van der Waals surface area contributed by atoms with Crippen molar-refractivity contribution in [1.29, 1.82) is 0 Å². The second-order valence-electron chi connectivity index (χ2n) is 6.86. The summed E-state index contributed by atoms with van der Waals surface area (Å²) in [4.78, 5) is 29.3. The number of benzene rings is 1. The highest BCUT2D eigenvalue weighted by Crippen LogP contribution is 2.30. The lowest BCUT2D eigenvalue weighted by molar-refractivity contribution is -0.116. The zero-order valence-electron chi connectivity index (χ0n) is 16.0. The first-order valence-electron chi connectivity index (χ1n) is 9.38. The second-order valence-corrected chi connectivity index (χ2v) is 7.71. The smallest absolute Gasteiger partial charge is 0.253 e. The number of rotatable bonds is 8. The third-order valence-electron chi connectivity index (χ3n) is 4.57. The van der Waals surface area contributed by atoms with E-state index in [-0.39, 0.29) is 22.4 Å². The average molecular weight is 415 g/mol. The number of hydrogen-bond acceptors (Lipinski definition) is 4. The molecule has 0 bridgehead atoms. The van der Waals surface area contributed by atoms with Crippen molar-refractivity contribution >= 4 is 40.7 Å². The van der Waals surface area contributed by atoms with Gasteiger partial charge in [-0.15, -0.1) is 0 Å². The maximum Gasteiger partial charge on any atom is 0.253 e. The van der Waals surface area contributed by atoms with Crippen molar-refractivity contribution in [3.8, 4) is 0 Å². The van der Waals surface area contributed by atoms with Crippen LogP contribution in [0.15, 0.2) is 12.1 Å². The van der Waals surface area contributed by atoms with E-state index >= 15 is 0 Å². The van der Waals surface area contributed by atoms with E-state index in [2.05, 4.69) is 27.5 Å².